The minimum absolute atomic E-state index is 0.0511. The maximum Gasteiger partial charge on any atom is 0.336 e. The van der Waals surface area contributed by atoms with Crippen molar-refractivity contribution in [2.24, 2.45) is 0 Å². The summed E-state index contributed by atoms with van der Waals surface area (Å²) in [5.41, 5.74) is 1.61. The predicted octanol–water partition coefficient (Wildman–Crippen LogP) is 8.49. The molecule has 0 fully saturated rings. The third-order valence-corrected chi connectivity index (χ3v) is 13.5. The van der Waals surface area contributed by atoms with Gasteiger partial charge in [0.25, 0.3) is 0 Å². The molecular formula is C29H42O6SSi. The van der Waals surface area contributed by atoms with Gasteiger partial charge in [0.05, 0.1) is 16.7 Å². The Morgan fingerprint density at radius 2 is 1.59 bits per heavy atom. The van der Waals surface area contributed by atoms with Crippen molar-refractivity contribution >= 4 is 37.2 Å². The predicted molar refractivity (Wildman–Crippen MR) is 153 cm³/mol. The molecule has 0 aliphatic heterocycles. The Morgan fingerprint density at radius 1 is 0.973 bits per heavy atom. The summed E-state index contributed by atoms with van der Waals surface area (Å²) in [4.78, 5) is 23.8. The van der Waals surface area contributed by atoms with E-state index in [-0.39, 0.29) is 23.3 Å². The van der Waals surface area contributed by atoms with Crippen molar-refractivity contribution in [2.75, 3.05) is 0 Å². The van der Waals surface area contributed by atoms with Gasteiger partial charge in [-0.05, 0) is 86.0 Å². The molecule has 0 saturated carbocycles. The first-order chi connectivity index (χ1) is 17.6. The summed E-state index contributed by atoms with van der Waals surface area (Å²) in [6.45, 7) is 13.8. The number of allylic oxidation sites excluding steroid dienone is 2. The summed E-state index contributed by atoms with van der Waals surface area (Å²) in [6.07, 6.45) is 6.35. The lowest BCUT2D eigenvalue weighted by molar-refractivity contribution is 0.0397. The van der Waals surface area contributed by atoms with Gasteiger partial charge in [-0.1, -0.05) is 40.7 Å². The second-order valence-electron chi connectivity index (χ2n) is 9.59. The quantitative estimate of drug-likeness (QED) is 0.205. The average molecular weight is 547 g/mol. The molecule has 0 unspecified atom stereocenters. The van der Waals surface area contributed by atoms with E-state index >= 15 is 0 Å². The van der Waals surface area contributed by atoms with Crippen LogP contribution in [-0.4, -0.2) is 36.1 Å². The lowest BCUT2D eigenvalue weighted by atomic mass is 9.91. The number of aromatic carboxylic acids is 2. The van der Waals surface area contributed by atoms with Crippen molar-refractivity contribution < 1.29 is 29.0 Å². The largest absolute Gasteiger partial charge is 0.489 e. The Morgan fingerprint density at radius 3 is 2.14 bits per heavy atom. The molecule has 0 bridgehead atoms. The number of hydrogen-bond donors (Lipinski definition) is 2. The van der Waals surface area contributed by atoms with Crippen molar-refractivity contribution in [1.82, 2.24) is 0 Å². The molecule has 0 radical (unpaired) electrons. The van der Waals surface area contributed by atoms with Crippen LogP contribution in [0.15, 0.2) is 35.7 Å². The van der Waals surface area contributed by atoms with Crippen molar-refractivity contribution in [3.8, 4) is 5.75 Å². The van der Waals surface area contributed by atoms with Crippen LogP contribution in [0.5, 0.6) is 5.75 Å². The number of rotatable bonds is 16. The summed E-state index contributed by atoms with van der Waals surface area (Å²) < 4.78 is 12.8. The first kappa shape index (κ1) is 30.8. The lowest BCUT2D eigenvalue weighted by Gasteiger charge is -2.42. The zero-order valence-electron chi connectivity index (χ0n) is 23.1. The zero-order valence-corrected chi connectivity index (χ0v) is 24.9. The molecular weight excluding hydrogens is 504 g/mol. The smallest absolute Gasteiger partial charge is 0.336 e. The van der Waals surface area contributed by atoms with Crippen LogP contribution in [0, 0.1) is 0 Å². The van der Waals surface area contributed by atoms with E-state index in [0.717, 1.165) is 49.4 Å². The maximum atomic E-state index is 11.4. The number of carboxylic acid groups (broad SMARTS) is 2. The van der Waals surface area contributed by atoms with E-state index in [1.165, 1.54) is 28.6 Å². The minimum atomic E-state index is -1.68. The van der Waals surface area contributed by atoms with Crippen LogP contribution in [0.1, 0.15) is 98.4 Å². The van der Waals surface area contributed by atoms with Gasteiger partial charge in [-0.25, -0.2) is 9.59 Å². The molecule has 2 N–H and O–H groups in total. The number of carbonyl (C=O) groups is 2. The fourth-order valence-electron chi connectivity index (χ4n) is 4.68. The van der Waals surface area contributed by atoms with Crippen LogP contribution < -0.4 is 4.74 Å². The SMILES string of the molecule is CCC(CC)(CC/C=C(\C)c1cc(COc2ccc(C(=O)O)c(C(=O)O)c2)cs1)O[Si](CC)(CC)CC. The van der Waals surface area contributed by atoms with Crippen LogP contribution in [0.3, 0.4) is 0 Å². The van der Waals surface area contributed by atoms with E-state index in [4.69, 9.17) is 9.16 Å². The van der Waals surface area contributed by atoms with Crippen molar-refractivity contribution in [3.63, 3.8) is 0 Å². The Bertz CT molecular complexity index is 1070. The fraction of sp³-hybridized carbons (Fsp3) is 0.517. The van der Waals surface area contributed by atoms with Crippen LogP contribution in [0.2, 0.25) is 18.1 Å². The maximum absolute atomic E-state index is 11.4. The van der Waals surface area contributed by atoms with E-state index < -0.39 is 20.3 Å². The molecule has 2 aromatic rings. The highest BCUT2D eigenvalue weighted by molar-refractivity contribution is 7.11. The topological polar surface area (TPSA) is 93.1 Å². The molecule has 0 amide bonds. The average Bonchev–Trinajstić information content (AvgIpc) is 3.39. The van der Waals surface area contributed by atoms with Crippen LogP contribution in [-0.2, 0) is 11.0 Å². The van der Waals surface area contributed by atoms with E-state index in [2.05, 4.69) is 53.7 Å². The first-order valence-corrected chi connectivity index (χ1v) is 16.7. The number of carboxylic acids is 2. The van der Waals surface area contributed by atoms with Crippen LogP contribution in [0.4, 0.5) is 0 Å². The number of thiophene rings is 1. The van der Waals surface area contributed by atoms with Gasteiger partial charge in [-0.15, -0.1) is 11.3 Å². The van der Waals surface area contributed by atoms with E-state index in [1.807, 2.05) is 5.38 Å². The molecule has 8 heteroatoms. The van der Waals surface area contributed by atoms with Gasteiger partial charge in [0.2, 0.25) is 0 Å². The van der Waals surface area contributed by atoms with Crippen molar-refractivity contribution in [3.05, 3.63) is 57.3 Å². The molecule has 1 aromatic heterocycles. The van der Waals surface area contributed by atoms with Gasteiger partial charge in [0.15, 0.2) is 8.32 Å². The lowest BCUT2D eigenvalue weighted by Crippen LogP contribution is -2.46. The van der Waals surface area contributed by atoms with Gasteiger partial charge in [-0.2, -0.15) is 0 Å². The minimum Gasteiger partial charge on any atom is -0.489 e. The van der Waals surface area contributed by atoms with Gasteiger partial charge >= 0.3 is 11.9 Å². The van der Waals surface area contributed by atoms with Gasteiger partial charge in [0.1, 0.15) is 12.4 Å². The summed E-state index contributed by atoms with van der Waals surface area (Å²) in [5.74, 6) is -2.25. The first-order valence-electron chi connectivity index (χ1n) is 13.3. The highest BCUT2D eigenvalue weighted by atomic mass is 32.1. The second-order valence-corrected chi connectivity index (χ2v) is 15.2. The third-order valence-electron chi connectivity index (χ3n) is 7.60. The molecule has 0 atom stereocenters. The van der Waals surface area contributed by atoms with Gasteiger partial charge in [-0.3, -0.25) is 0 Å². The molecule has 6 nitrogen and oxygen atoms in total. The van der Waals surface area contributed by atoms with E-state index in [1.54, 1.807) is 11.3 Å². The Labute approximate surface area is 226 Å². The van der Waals surface area contributed by atoms with Gasteiger partial charge in [0, 0.05) is 10.4 Å². The number of hydrogen-bond acceptors (Lipinski definition) is 5. The molecule has 1 heterocycles. The van der Waals surface area contributed by atoms with Crippen molar-refractivity contribution in [1.29, 1.82) is 0 Å². The van der Waals surface area contributed by atoms with Crippen LogP contribution in [0.25, 0.3) is 5.57 Å². The van der Waals surface area contributed by atoms with Crippen molar-refractivity contribution in [2.45, 2.75) is 97.6 Å². The summed E-state index contributed by atoms with van der Waals surface area (Å²) in [6, 6.07) is 9.59. The molecule has 0 saturated heterocycles. The number of benzene rings is 1. The standard InChI is InChI=1S/C29H42O6SSi/c1-7-29(8-2,35-37(9-3,10-4)11-5)16-12-13-21(6)26-17-22(20-36-26)19-34-23-14-15-24(27(30)31)25(18-23)28(32)33/h13-15,17-18,20H,7-12,16,19H2,1-6H3,(H,30,31)(H,32,33)/b21-13+. The highest BCUT2D eigenvalue weighted by Crippen LogP contribution is 2.36. The second kappa shape index (κ2) is 13.9. The third kappa shape index (κ3) is 8.03. The highest BCUT2D eigenvalue weighted by Gasteiger charge is 2.38. The van der Waals surface area contributed by atoms with E-state index in [9.17, 15) is 19.8 Å². The zero-order chi connectivity index (χ0) is 27.6. The Balaban J connectivity index is 2.04. The molecule has 2 rings (SSSR count). The van der Waals surface area contributed by atoms with E-state index in [0.29, 0.717) is 5.75 Å². The molecule has 37 heavy (non-hydrogen) atoms. The monoisotopic (exact) mass is 546 g/mol. The molecule has 1 aromatic carbocycles. The molecule has 0 spiro atoms. The fourth-order valence-corrected chi connectivity index (χ4v) is 8.82. The van der Waals surface area contributed by atoms with Gasteiger partial charge < -0.3 is 19.4 Å². The number of ether oxygens (including phenoxy) is 1. The molecule has 0 aliphatic rings. The Kier molecular flexibility index (Phi) is 11.6. The molecule has 204 valence electrons. The molecule has 0 aliphatic carbocycles. The summed E-state index contributed by atoms with van der Waals surface area (Å²) in [7, 11) is -1.68. The summed E-state index contributed by atoms with van der Waals surface area (Å²) >= 11 is 1.65. The summed E-state index contributed by atoms with van der Waals surface area (Å²) in [5, 5.41) is 20.5. The Hall–Kier alpha value is -2.42. The van der Waals surface area contributed by atoms with Crippen LogP contribution >= 0.6 is 11.3 Å². The normalized spacial score (nSPS) is 12.5.